The van der Waals surface area contributed by atoms with Gasteiger partial charge in [-0.25, -0.2) is 0 Å². The first-order valence-corrected chi connectivity index (χ1v) is 8.66. The average molecular weight is 313 g/mol. The van der Waals surface area contributed by atoms with Gasteiger partial charge in [-0.2, -0.15) is 0 Å². The summed E-state index contributed by atoms with van der Waals surface area (Å²) < 4.78 is 7.51. The van der Waals surface area contributed by atoms with Crippen molar-refractivity contribution in [1.29, 1.82) is 0 Å². The molecule has 0 bridgehead atoms. The van der Waals surface area contributed by atoms with E-state index in [1.807, 2.05) is 24.5 Å². The Morgan fingerprint density at radius 3 is 2.79 bits per heavy atom. The second kappa shape index (κ2) is 7.02. The van der Waals surface area contributed by atoms with E-state index in [1.54, 1.807) is 34.9 Å². The van der Waals surface area contributed by atoms with E-state index in [-0.39, 0.29) is 0 Å². The third kappa shape index (κ3) is 4.02. The lowest BCUT2D eigenvalue weighted by molar-refractivity contribution is 0.318. The summed E-state index contributed by atoms with van der Waals surface area (Å²) in [5, 5.41) is 8.21. The SMILES string of the molecule is CCCOc1cc(Sc2nnc(SC)s2)ccc1N. The normalized spacial score (nSPS) is 10.6. The number of nitrogens with zero attached hydrogens (tertiary/aromatic N) is 2. The van der Waals surface area contributed by atoms with Crippen LogP contribution in [0.5, 0.6) is 5.75 Å². The largest absolute Gasteiger partial charge is 0.491 e. The Morgan fingerprint density at radius 1 is 1.32 bits per heavy atom. The van der Waals surface area contributed by atoms with E-state index in [2.05, 4.69) is 17.1 Å². The van der Waals surface area contributed by atoms with Crippen LogP contribution < -0.4 is 10.5 Å². The fourth-order valence-corrected chi connectivity index (χ4v) is 3.78. The van der Waals surface area contributed by atoms with Crippen LogP contribution in [-0.4, -0.2) is 23.1 Å². The van der Waals surface area contributed by atoms with Gasteiger partial charge in [-0.3, -0.25) is 0 Å². The first kappa shape index (κ1) is 14.5. The molecule has 0 atom stereocenters. The van der Waals surface area contributed by atoms with Crippen LogP contribution in [0, 0.1) is 0 Å². The number of nitrogen functional groups attached to an aromatic ring is 1. The highest BCUT2D eigenvalue weighted by Gasteiger charge is 2.08. The number of hydrogen-bond acceptors (Lipinski definition) is 7. The van der Waals surface area contributed by atoms with Crippen LogP contribution in [0.2, 0.25) is 0 Å². The molecule has 2 rings (SSSR count). The van der Waals surface area contributed by atoms with Crippen molar-refractivity contribution in [2.45, 2.75) is 26.9 Å². The topological polar surface area (TPSA) is 61.0 Å². The van der Waals surface area contributed by atoms with Crippen molar-refractivity contribution in [3.05, 3.63) is 18.2 Å². The minimum Gasteiger partial charge on any atom is -0.491 e. The van der Waals surface area contributed by atoms with Gasteiger partial charge in [-0.1, -0.05) is 41.8 Å². The molecule has 0 radical (unpaired) electrons. The van der Waals surface area contributed by atoms with E-state index < -0.39 is 0 Å². The van der Waals surface area contributed by atoms with E-state index >= 15 is 0 Å². The van der Waals surface area contributed by atoms with Gasteiger partial charge in [0.2, 0.25) is 0 Å². The molecular weight excluding hydrogens is 298 g/mol. The monoisotopic (exact) mass is 313 g/mol. The molecule has 19 heavy (non-hydrogen) atoms. The number of rotatable bonds is 6. The van der Waals surface area contributed by atoms with Gasteiger partial charge in [0.1, 0.15) is 5.75 Å². The van der Waals surface area contributed by atoms with Crippen LogP contribution in [0.3, 0.4) is 0 Å². The number of nitrogens with two attached hydrogens (primary N) is 1. The van der Waals surface area contributed by atoms with Crippen LogP contribution in [0.15, 0.2) is 31.8 Å². The molecule has 0 amide bonds. The highest BCUT2D eigenvalue weighted by Crippen LogP contribution is 2.35. The maximum absolute atomic E-state index is 5.89. The van der Waals surface area contributed by atoms with Crippen LogP contribution in [-0.2, 0) is 0 Å². The second-order valence-corrected chi connectivity index (χ2v) is 7.04. The van der Waals surface area contributed by atoms with Gasteiger partial charge in [0, 0.05) is 4.90 Å². The zero-order valence-electron chi connectivity index (χ0n) is 10.8. The number of benzene rings is 1. The molecule has 2 N–H and O–H groups in total. The van der Waals surface area contributed by atoms with E-state index in [4.69, 9.17) is 10.5 Å². The van der Waals surface area contributed by atoms with Crippen molar-refractivity contribution in [3.8, 4) is 5.75 Å². The third-order valence-corrected chi connectivity index (χ3v) is 5.15. The van der Waals surface area contributed by atoms with Crippen LogP contribution in [0.25, 0.3) is 0 Å². The fourth-order valence-electron chi connectivity index (χ4n) is 1.34. The molecule has 0 aliphatic rings. The first-order chi connectivity index (χ1) is 9.22. The summed E-state index contributed by atoms with van der Waals surface area (Å²) in [6.45, 7) is 2.74. The average Bonchev–Trinajstić information content (AvgIpc) is 2.87. The molecule has 4 nitrogen and oxygen atoms in total. The van der Waals surface area contributed by atoms with Crippen molar-refractivity contribution in [3.63, 3.8) is 0 Å². The Morgan fingerprint density at radius 2 is 2.11 bits per heavy atom. The number of ether oxygens (including phenoxy) is 1. The zero-order chi connectivity index (χ0) is 13.7. The van der Waals surface area contributed by atoms with E-state index in [1.165, 1.54) is 0 Å². The Labute approximate surface area is 125 Å². The third-order valence-electron chi connectivity index (χ3n) is 2.21. The summed E-state index contributed by atoms with van der Waals surface area (Å²) in [5.41, 5.74) is 6.55. The fraction of sp³-hybridized carbons (Fsp3) is 0.333. The molecule has 2 aromatic rings. The van der Waals surface area contributed by atoms with Gasteiger partial charge in [0.15, 0.2) is 8.68 Å². The summed E-state index contributed by atoms with van der Waals surface area (Å²) in [6.07, 6.45) is 2.96. The standard InChI is InChI=1S/C12H15N3OS3/c1-3-6-16-10-7-8(4-5-9(10)13)18-12-15-14-11(17-2)19-12/h4-5,7H,3,6,13H2,1-2H3. The Kier molecular flexibility index (Phi) is 5.35. The molecule has 0 aliphatic heterocycles. The van der Waals surface area contributed by atoms with Crippen LogP contribution in [0.1, 0.15) is 13.3 Å². The van der Waals surface area contributed by atoms with Gasteiger partial charge < -0.3 is 10.5 Å². The number of hydrogen-bond donors (Lipinski definition) is 1. The van der Waals surface area contributed by atoms with Gasteiger partial charge in [-0.15, -0.1) is 10.2 Å². The van der Waals surface area contributed by atoms with Crippen molar-refractivity contribution in [2.24, 2.45) is 0 Å². The van der Waals surface area contributed by atoms with Gasteiger partial charge in [0.25, 0.3) is 0 Å². The molecule has 1 heterocycles. The molecule has 0 saturated heterocycles. The molecule has 1 aromatic heterocycles. The Hall–Kier alpha value is -0.920. The van der Waals surface area contributed by atoms with Crippen molar-refractivity contribution in [1.82, 2.24) is 10.2 Å². The van der Waals surface area contributed by atoms with Crippen LogP contribution >= 0.6 is 34.9 Å². The lowest BCUT2D eigenvalue weighted by Crippen LogP contribution is -1.98. The van der Waals surface area contributed by atoms with Gasteiger partial charge >= 0.3 is 0 Å². The molecule has 0 aliphatic carbocycles. The summed E-state index contributed by atoms with van der Waals surface area (Å²) in [6, 6.07) is 5.79. The van der Waals surface area contributed by atoms with Gasteiger partial charge in [0.05, 0.1) is 12.3 Å². The second-order valence-electron chi connectivity index (χ2n) is 3.69. The molecule has 7 heteroatoms. The Balaban J connectivity index is 2.11. The minimum absolute atomic E-state index is 0.667. The maximum atomic E-state index is 5.89. The maximum Gasteiger partial charge on any atom is 0.179 e. The summed E-state index contributed by atoms with van der Waals surface area (Å²) in [7, 11) is 0. The quantitative estimate of drug-likeness (QED) is 0.647. The van der Waals surface area contributed by atoms with Gasteiger partial charge in [-0.05, 0) is 30.9 Å². The van der Waals surface area contributed by atoms with Crippen molar-refractivity contribution in [2.75, 3.05) is 18.6 Å². The molecule has 0 fully saturated rings. The number of thioether (sulfide) groups is 1. The van der Waals surface area contributed by atoms with Crippen molar-refractivity contribution < 1.29 is 4.74 Å². The number of anilines is 1. The van der Waals surface area contributed by atoms with E-state index in [0.29, 0.717) is 12.3 Å². The smallest absolute Gasteiger partial charge is 0.179 e. The minimum atomic E-state index is 0.667. The molecule has 0 spiro atoms. The summed E-state index contributed by atoms with van der Waals surface area (Å²) in [4.78, 5) is 1.06. The lowest BCUT2D eigenvalue weighted by Gasteiger charge is -2.08. The van der Waals surface area contributed by atoms with E-state index in [0.717, 1.165) is 25.7 Å². The van der Waals surface area contributed by atoms with Crippen LogP contribution in [0.4, 0.5) is 5.69 Å². The highest BCUT2D eigenvalue weighted by atomic mass is 32.2. The predicted octanol–water partition coefficient (Wildman–Crippen LogP) is 3.78. The predicted molar refractivity (Wildman–Crippen MR) is 82.5 cm³/mol. The Bertz CT molecular complexity index is 545. The summed E-state index contributed by atoms with van der Waals surface area (Å²) >= 11 is 4.77. The molecule has 0 unspecified atom stereocenters. The van der Waals surface area contributed by atoms with Crippen molar-refractivity contribution >= 4 is 40.5 Å². The molecule has 0 saturated carbocycles. The molecule has 102 valence electrons. The van der Waals surface area contributed by atoms with E-state index in [9.17, 15) is 0 Å². The zero-order valence-corrected chi connectivity index (χ0v) is 13.2. The lowest BCUT2D eigenvalue weighted by atomic mass is 10.3. The first-order valence-electron chi connectivity index (χ1n) is 5.80. The molecule has 1 aromatic carbocycles. The highest BCUT2D eigenvalue weighted by molar-refractivity contribution is 8.03. The number of aromatic nitrogens is 2. The molecular formula is C12H15N3OS3. The summed E-state index contributed by atoms with van der Waals surface area (Å²) in [5.74, 6) is 0.737.